The van der Waals surface area contributed by atoms with E-state index in [-0.39, 0.29) is 0 Å². The van der Waals surface area contributed by atoms with Gasteiger partial charge in [-0.2, -0.15) is 0 Å². The zero-order valence-corrected chi connectivity index (χ0v) is 15.0. The van der Waals surface area contributed by atoms with E-state index in [1.165, 1.54) is 0 Å². The molecule has 3 aromatic rings. The maximum absolute atomic E-state index is 10.5. The highest BCUT2D eigenvalue weighted by Gasteiger charge is 2.19. The summed E-state index contributed by atoms with van der Waals surface area (Å²) in [5.74, 6) is 0.795. The number of aromatic nitrogens is 2. The molecule has 1 unspecified atom stereocenters. The predicted molar refractivity (Wildman–Crippen MR) is 101 cm³/mol. The first-order chi connectivity index (χ1) is 12.0. The number of fused-ring (bicyclic) bond motifs is 1. The molecule has 1 aromatic carbocycles. The van der Waals surface area contributed by atoms with Gasteiger partial charge in [0, 0.05) is 11.8 Å². The summed E-state index contributed by atoms with van der Waals surface area (Å²) in [6, 6.07) is 11.9. The number of rotatable bonds is 6. The number of ether oxygens (including phenoxy) is 1. The molecule has 0 fully saturated rings. The summed E-state index contributed by atoms with van der Waals surface area (Å²) < 4.78 is 7.63. The summed E-state index contributed by atoms with van der Waals surface area (Å²) in [5.41, 5.74) is 5.57. The molecule has 0 aliphatic heterocycles. The lowest BCUT2D eigenvalue weighted by Crippen LogP contribution is -2.02. The fraction of sp³-hybridized carbons (Fsp3) is 0.286. The van der Waals surface area contributed by atoms with Crippen LogP contribution in [0.4, 0.5) is 0 Å². The van der Waals surface area contributed by atoms with Crippen molar-refractivity contribution in [2.24, 2.45) is 0 Å². The second-order valence-electron chi connectivity index (χ2n) is 6.47. The van der Waals surface area contributed by atoms with Gasteiger partial charge >= 0.3 is 0 Å². The average Bonchev–Trinajstić information content (AvgIpc) is 2.98. The maximum Gasteiger partial charge on any atom is 0.138 e. The molecule has 1 N–H and O–H groups in total. The van der Waals surface area contributed by atoms with Gasteiger partial charge in [0.25, 0.3) is 0 Å². The zero-order valence-electron chi connectivity index (χ0n) is 15.0. The smallest absolute Gasteiger partial charge is 0.138 e. The van der Waals surface area contributed by atoms with Gasteiger partial charge in [-0.25, -0.2) is 4.98 Å². The van der Waals surface area contributed by atoms with Crippen molar-refractivity contribution in [1.82, 2.24) is 9.38 Å². The van der Waals surface area contributed by atoms with Gasteiger partial charge in [-0.1, -0.05) is 13.5 Å². The summed E-state index contributed by atoms with van der Waals surface area (Å²) in [7, 11) is 0. The van der Waals surface area contributed by atoms with Gasteiger partial charge in [0.15, 0.2) is 0 Å². The highest BCUT2D eigenvalue weighted by Crippen LogP contribution is 2.31. The molecule has 3 rings (SSSR count). The lowest BCUT2D eigenvalue weighted by Gasteiger charge is -2.11. The zero-order chi connectivity index (χ0) is 18.0. The van der Waals surface area contributed by atoms with Crippen LogP contribution in [0.1, 0.15) is 37.6 Å². The molecule has 0 amide bonds. The number of aliphatic hydroxyl groups excluding tert-OH is 1. The van der Waals surface area contributed by atoms with E-state index < -0.39 is 6.10 Å². The largest absolute Gasteiger partial charge is 0.489 e. The topological polar surface area (TPSA) is 46.8 Å². The Balaban J connectivity index is 2.03. The average molecular weight is 336 g/mol. The van der Waals surface area contributed by atoms with Crippen LogP contribution in [0.3, 0.4) is 0 Å². The van der Waals surface area contributed by atoms with Crippen molar-refractivity contribution < 1.29 is 9.84 Å². The SMILES string of the molecule is C=C(C)COc1ccc(-c2nc3cc(C)ccn3c2C(O)CC)cc1. The number of nitrogens with zero attached hydrogens (tertiary/aromatic N) is 2. The van der Waals surface area contributed by atoms with Gasteiger partial charge in [0.05, 0.1) is 17.5 Å². The standard InChI is InChI=1S/C21H24N2O2/c1-5-18(24)21-20(22-19-12-15(4)10-11-23(19)21)16-6-8-17(9-7-16)25-13-14(2)3/h6-12,18,24H,2,5,13H2,1,3-4H3. The van der Waals surface area contributed by atoms with Crippen LogP contribution in [-0.2, 0) is 0 Å². The molecular formula is C21H24N2O2. The third-order valence-electron chi connectivity index (χ3n) is 4.13. The van der Waals surface area contributed by atoms with Gasteiger partial charge < -0.3 is 14.2 Å². The van der Waals surface area contributed by atoms with Gasteiger partial charge in [0.2, 0.25) is 0 Å². The minimum Gasteiger partial charge on any atom is -0.489 e. The molecule has 0 aliphatic carbocycles. The first-order valence-electron chi connectivity index (χ1n) is 8.54. The number of pyridine rings is 1. The van der Waals surface area contributed by atoms with Crippen molar-refractivity contribution in [2.75, 3.05) is 6.61 Å². The molecule has 2 aromatic heterocycles. The normalized spacial score (nSPS) is 12.3. The molecule has 4 heteroatoms. The van der Waals surface area contributed by atoms with E-state index in [2.05, 4.69) is 6.58 Å². The lowest BCUT2D eigenvalue weighted by atomic mass is 10.1. The summed E-state index contributed by atoms with van der Waals surface area (Å²) in [6.07, 6.45) is 2.04. The van der Waals surface area contributed by atoms with Crippen LogP contribution in [-0.4, -0.2) is 21.1 Å². The minimum atomic E-state index is -0.563. The fourth-order valence-corrected chi connectivity index (χ4v) is 2.81. The Morgan fingerprint density at radius 3 is 2.64 bits per heavy atom. The van der Waals surface area contributed by atoms with Gasteiger partial charge in [-0.15, -0.1) is 0 Å². The molecule has 0 bridgehead atoms. The molecule has 4 nitrogen and oxygen atoms in total. The highest BCUT2D eigenvalue weighted by atomic mass is 16.5. The van der Waals surface area contributed by atoms with E-state index in [1.807, 2.05) is 67.8 Å². The Bertz CT molecular complexity index is 894. The number of hydrogen-bond acceptors (Lipinski definition) is 3. The van der Waals surface area contributed by atoms with Crippen LogP contribution in [0.15, 0.2) is 54.7 Å². The van der Waals surface area contributed by atoms with E-state index in [0.29, 0.717) is 13.0 Å². The first kappa shape index (κ1) is 17.2. The molecule has 0 spiro atoms. The second kappa shape index (κ2) is 7.11. The molecule has 130 valence electrons. The highest BCUT2D eigenvalue weighted by molar-refractivity contribution is 5.68. The third-order valence-corrected chi connectivity index (χ3v) is 4.13. The molecule has 25 heavy (non-hydrogen) atoms. The number of aryl methyl sites for hydroxylation is 1. The van der Waals surface area contributed by atoms with Crippen LogP contribution >= 0.6 is 0 Å². The molecule has 0 saturated heterocycles. The maximum atomic E-state index is 10.5. The van der Waals surface area contributed by atoms with Crippen LogP contribution in [0, 0.1) is 6.92 Å². The van der Waals surface area contributed by atoms with Gasteiger partial charge in [0.1, 0.15) is 18.0 Å². The third kappa shape index (κ3) is 3.59. The molecule has 0 aliphatic rings. The molecular weight excluding hydrogens is 312 g/mol. The minimum absolute atomic E-state index is 0.507. The Kier molecular flexibility index (Phi) is 4.91. The molecule has 0 radical (unpaired) electrons. The summed E-state index contributed by atoms with van der Waals surface area (Å²) in [4.78, 5) is 4.76. The van der Waals surface area contributed by atoms with E-state index >= 15 is 0 Å². The summed E-state index contributed by atoms with van der Waals surface area (Å²) in [5, 5.41) is 10.5. The van der Waals surface area contributed by atoms with Gasteiger partial charge in [-0.3, -0.25) is 0 Å². The molecule has 0 saturated carbocycles. The van der Waals surface area contributed by atoms with E-state index in [9.17, 15) is 5.11 Å². The Hall–Kier alpha value is -2.59. The Labute approximate surface area is 148 Å². The van der Waals surface area contributed by atoms with Crippen LogP contribution < -0.4 is 4.74 Å². The van der Waals surface area contributed by atoms with Crippen LogP contribution in [0.25, 0.3) is 16.9 Å². The lowest BCUT2D eigenvalue weighted by molar-refractivity contribution is 0.168. The molecule has 1 atom stereocenters. The van der Waals surface area contributed by atoms with Crippen molar-refractivity contribution >= 4 is 5.65 Å². The van der Waals surface area contributed by atoms with Crippen molar-refractivity contribution in [3.05, 3.63) is 66.0 Å². The number of aliphatic hydroxyl groups is 1. The number of benzene rings is 1. The van der Waals surface area contributed by atoms with Crippen molar-refractivity contribution in [1.29, 1.82) is 0 Å². The summed E-state index contributed by atoms with van der Waals surface area (Å²) >= 11 is 0. The quantitative estimate of drug-likeness (QED) is 0.663. The monoisotopic (exact) mass is 336 g/mol. The second-order valence-corrected chi connectivity index (χ2v) is 6.47. The molecule has 2 heterocycles. The van der Waals surface area contributed by atoms with Gasteiger partial charge in [-0.05, 0) is 67.8 Å². The Morgan fingerprint density at radius 2 is 2.00 bits per heavy atom. The summed E-state index contributed by atoms with van der Waals surface area (Å²) in [6.45, 7) is 10.3. The van der Waals surface area contributed by atoms with E-state index in [4.69, 9.17) is 9.72 Å². The Morgan fingerprint density at radius 1 is 1.28 bits per heavy atom. The first-order valence-corrected chi connectivity index (χ1v) is 8.54. The van der Waals surface area contributed by atoms with Crippen molar-refractivity contribution in [3.63, 3.8) is 0 Å². The van der Waals surface area contributed by atoms with Crippen LogP contribution in [0.5, 0.6) is 5.75 Å². The van der Waals surface area contributed by atoms with Crippen molar-refractivity contribution in [2.45, 2.75) is 33.3 Å². The fourth-order valence-electron chi connectivity index (χ4n) is 2.81. The number of imidazole rings is 1. The number of hydrogen-bond donors (Lipinski definition) is 1. The van der Waals surface area contributed by atoms with E-state index in [1.54, 1.807) is 0 Å². The predicted octanol–water partition coefficient (Wildman–Crippen LogP) is 4.71. The van der Waals surface area contributed by atoms with Crippen molar-refractivity contribution in [3.8, 4) is 17.0 Å². The van der Waals surface area contributed by atoms with E-state index in [0.717, 1.165) is 39.5 Å². The van der Waals surface area contributed by atoms with Crippen LogP contribution in [0.2, 0.25) is 0 Å².